The van der Waals surface area contributed by atoms with Crippen LogP contribution >= 0.6 is 0 Å². The number of fused-ring (bicyclic) bond motifs is 2. The van der Waals surface area contributed by atoms with Crippen molar-refractivity contribution in [2.24, 2.45) is 0 Å². The van der Waals surface area contributed by atoms with Gasteiger partial charge in [0.2, 0.25) is 5.78 Å². The van der Waals surface area contributed by atoms with Crippen LogP contribution in [0.5, 0.6) is 5.75 Å². The Balaban J connectivity index is 1.86. The van der Waals surface area contributed by atoms with Crippen molar-refractivity contribution in [3.8, 4) is 5.75 Å². The molecule has 2 aromatic carbocycles. The van der Waals surface area contributed by atoms with Gasteiger partial charge in [-0.25, -0.2) is 0 Å². The highest BCUT2D eigenvalue weighted by Gasteiger charge is 2.24. The van der Waals surface area contributed by atoms with Crippen molar-refractivity contribution >= 4 is 22.4 Å². The van der Waals surface area contributed by atoms with Crippen molar-refractivity contribution in [1.82, 2.24) is 0 Å². The van der Waals surface area contributed by atoms with E-state index >= 15 is 0 Å². The SMILES string of the molecule is COc1ccccc1C(=O)c1oc2cc3c(cc2c1N)CCC3. The molecular formula is C19H17NO3. The lowest BCUT2D eigenvalue weighted by molar-refractivity contribution is 0.101. The number of hydrogen-bond donors (Lipinski definition) is 1. The predicted octanol–water partition coefficient (Wildman–Crippen LogP) is 3.74. The van der Waals surface area contributed by atoms with Crippen LogP contribution in [0.15, 0.2) is 40.8 Å². The second-order valence-electron chi connectivity index (χ2n) is 5.84. The van der Waals surface area contributed by atoms with E-state index in [1.807, 2.05) is 12.1 Å². The van der Waals surface area contributed by atoms with Gasteiger partial charge < -0.3 is 14.9 Å². The first-order valence-electron chi connectivity index (χ1n) is 7.70. The number of ether oxygens (including phenoxy) is 1. The molecule has 0 saturated heterocycles. The van der Waals surface area contributed by atoms with Gasteiger partial charge in [0.1, 0.15) is 11.3 Å². The maximum Gasteiger partial charge on any atom is 0.234 e. The Morgan fingerprint density at radius 1 is 1.17 bits per heavy atom. The summed E-state index contributed by atoms with van der Waals surface area (Å²) in [5.41, 5.74) is 10.4. The van der Waals surface area contributed by atoms with Crippen LogP contribution in [0, 0.1) is 0 Å². The zero-order valence-electron chi connectivity index (χ0n) is 12.9. The number of para-hydroxylation sites is 1. The summed E-state index contributed by atoms with van der Waals surface area (Å²) in [5, 5.41) is 0.823. The Morgan fingerprint density at radius 2 is 1.91 bits per heavy atom. The maximum atomic E-state index is 12.8. The van der Waals surface area contributed by atoms with Crippen molar-refractivity contribution in [3.63, 3.8) is 0 Å². The summed E-state index contributed by atoms with van der Waals surface area (Å²) in [6.07, 6.45) is 3.28. The molecule has 2 N–H and O–H groups in total. The molecule has 1 aromatic heterocycles. The first-order valence-corrected chi connectivity index (χ1v) is 7.70. The molecule has 3 aromatic rings. The van der Waals surface area contributed by atoms with Crippen LogP contribution in [0.2, 0.25) is 0 Å². The first-order chi connectivity index (χ1) is 11.2. The molecule has 4 heteroatoms. The summed E-state index contributed by atoms with van der Waals surface area (Å²) in [6, 6.07) is 11.2. The van der Waals surface area contributed by atoms with Gasteiger partial charge in [-0.15, -0.1) is 0 Å². The fourth-order valence-corrected chi connectivity index (χ4v) is 3.31. The second kappa shape index (κ2) is 5.16. The Bertz CT molecular complexity index is 924. The molecule has 0 amide bonds. The van der Waals surface area contributed by atoms with Crippen molar-refractivity contribution in [3.05, 3.63) is 58.8 Å². The third-order valence-corrected chi connectivity index (χ3v) is 4.50. The van der Waals surface area contributed by atoms with Gasteiger partial charge in [0.05, 0.1) is 18.4 Å². The molecule has 0 aliphatic heterocycles. The van der Waals surface area contributed by atoms with E-state index in [4.69, 9.17) is 14.9 Å². The van der Waals surface area contributed by atoms with Crippen molar-refractivity contribution in [2.45, 2.75) is 19.3 Å². The van der Waals surface area contributed by atoms with E-state index in [0.717, 1.165) is 24.6 Å². The number of methoxy groups -OCH3 is 1. The average molecular weight is 307 g/mol. The molecular weight excluding hydrogens is 290 g/mol. The zero-order chi connectivity index (χ0) is 16.0. The number of nitrogen functional groups attached to an aromatic ring is 1. The molecule has 0 fully saturated rings. The minimum absolute atomic E-state index is 0.188. The number of rotatable bonds is 3. The Kier molecular flexibility index (Phi) is 3.11. The summed E-state index contributed by atoms with van der Waals surface area (Å²) in [7, 11) is 1.54. The molecule has 1 heterocycles. The summed E-state index contributed by atoms with van der Waals surface area (Å²) in [6.45, 7) is 0. The molecule has 4 nitrogen and oxygen atoms in total. The van der Waals surface area contributed by atoms with Crippen LogP contribution in [0.1, 0.15) is 33.7 Å². The smallest absolute Gasteiger partial charge is 0.234 e. The molecule has 1 aliphatic rings. The predicted molar refractivity (Wildman–Crippen MR) is 89.1 cm³/mol. The van der Waals surface area contributed by atoms with Gasteiger partial charge in [0.25, 0.3) is 0 Å². The van der Waals surface area contributed by atoms with E-state index in [1.165, 1.54) is 11.1 Å². The number of ketones is 1. The lowest BCUT2D eigenvalue weighted by atomic mass is 10.0. The standard InChI is InChI=1S/C19H17NO3/c1-22-15-8-3-2-7-13(15)18(21)19-17(20)14-9-11-5-4-6-12(11)10-16(14)23-19/h2-3,7-10H,4-6,20H2,1H3. The number of carbonyl (C=O) groups excluding carboxylic acids is 1. The van der Waals surface area contributed by atoms with E-state index < -0.39 is 0 Å². The molecule has 0 atom stereocenters. The van der Waals surface area contributed by atoms with Crippen LogP contribution in [-0.4, -0.2) is 12.9 Å². The summed E-state index contributed by atoms with van der Waals surface area (Å²) in [5.74, 6) is 0.448. The summed E-state index contributed by atoms with van der Waals surface area (Å²) < 4.78 is 11.1. The molecule has 1 aliphatic carbocycles. The number of benzene rings is 2. The van der Waals surface area contributed by atoms with Gasteiger partial charge in [-0.05, 0) is 54.7 Å². The van der Waals surface area contributed by atoms with E-state index in [9.17, 15) is 4.79 Å². The van der Waals surface area contributed by atoms with Crippen LogP contribution in [0.25, 0.3) is 11.0 Å². The van der Waals surface area contributed by atoms with Crippen LogP contribution < -0.4 is 10.5 Å². The van der Waals surface area contributed by atoms with Crippen LogP contribution in [0.4, 0.5) is 5.69 Å². The minimum Gasteiger partial charge on any atom is -0.496 e. The van der Waals surface area contributed by atoms with Crippen molar-refractivity contribution in [1.29, 1.82) is 0 Å². The van der Waals surface area contributed by atoms with Crippen molar-refractivity contribution in [2.75, 3.05) is 12.8 Å². The summed E-state index contributed by atoms with van der Waals surface area (Å²) >= 11 is 0. The van der Waals surface area contributed by atoms with Crippen molar-refractivity contribution < 1.29 is 13.9 Å². The highest BCUT2D eigenvalue weighted by Crippen LogP contribution is 2.35. The fourth-order valence-electron chi connectivity index (χ4n) is 3.31. The largest absolute Gasteiger partial charge is 0.496 e. The second-order valence-corrected chi connectivity index (χ2v) is 5.84. The monoisotopic (exact) mass is 307 g/mol. The van der Waals surface area contributed by atoms with Gasteiger partial charge in [-0.2, -0.15) is 0 Å². The number of furan rings is 1. The topological polar surface area (TPSA) is 65.5 Å². The zero-order valence-corrected chi connectivity index (χ0v) is 12.9. The Morgan fingerprint density at radius 3 is 2.70 bits per heavy atom. The Hall–Kier alpha value is -2.75. The normalized spacial score (nSPS) is 13.3. The molecule has 4 rings (SSSR count). The third kappa shape index (κ3) is 2.10. The number of anilines is 1. The van der Waals surface area contributed by atoms with Crippen LogP contribution in [-0.2, 0) is 12.8 Å². The lowest BCUT2D eigenvalue weighted by Gasteiger charge is -2.05. The van der Waals surface area contributed by atoms with E-state index in [1.54, 1.807) is 25.3 Å². The lowest BCUT2D eigenvalue weighted by Crippen LogP contribution is -2.05. The molecule has 116 valence electrons. The molecule has 0 radical (unpaired) electrons. The van der Waals surface area contributed by atoms with Gasteiger partial charge in [0, 0.05) is 5.39 Å². The average Bonchev–Trinajstić information content (AvgIpc) is 3.16. The van der Waals surface area contributed by atoms with E-state index in [-0.39, 0.29) is 11.5 Å². The summed E-state index contributed by atoms with van der Waals surface area (Å²) in [4.78, 5) is 12.8. The Labute approximate surface area is 133 Å². The minimum atomic E-state index is -0.253. The molecule has 0 unspecified atom stereocenters. The molecule has 0 bridgehead atoms. The van der Waals surface area contributed by atoms with Gasteiger partial charge in [0.15, 0.2) is 5.76 Å². The highest BCUT2D eigenvalue weighted by atomic mass is 16.5. The van der Waals surface area contributed by atoms with Crippen LogP contribution in [0.3, 0.4) is 0 Å². The highest BCUT2D eigenvalue weighted by molar-refractivity contribution is 6.15. The number of aryl methyl sites for hydroxylation is 2. The molecule has 23 heavy (non-hydrogen) atoms. The number of nitrogens with two attached hydrogens (primary N) is 1. The third-order valence-electron chi connectivity index (χ3n) is 4.50. The number of hydrogen-bond acceptors (Lipinski definition) is 4. The van der Waals surface area contributed by atoms with E-state index in [0.29, 0.717) is 22.6 Å². The maximum absolute atomic E-state index is 12.8. The van der Waals surface area contributed by atoms with E-state index in [2.05, 4.69) is 6.07 Å². The fraction of sp³-hybridized carbons (Fsp3) is 0.211. The van der Waals surface area contributed by atoms with Gasteiger partial charge in [-0.3, -0.25) is 4.79 Å². The molecule has 0 saturated carbocycles. The van der Waals surface area contributed by atoms with Gasteiger partial charge in [-0.1, -0.05) is 12.1 Å². The quantitative estimate of drug-likeness (QED) is 0.749. The first kappa shape index (κ1) is 13.9. The van der Waals surface area contributed by atoms with Gasteiger partial charge >= 0.3 is 0 Å². The number of carbonyl (C=O) groups is 1. The molecule has 0 spiro atoms.